The molecule has 1 fully saturated rings. The molecule has 0 bridgehead atoms. The largest absolute Gasteiger partial charge is 0.480 e. The summed E-state index contributed by atoms with van der Waals surface area (Å²) < 4.78 is 0. The molecule has 1 saturated carbocycles. The van der Waals surface area contributed by atoms with Crippen LogP contribution in [-0.4, -0.2) is 29.7 Å². The van der Waals surface area contributed by atoms with Gasteiger partial charge in [0.15, 0.2) is 0 Å². The molecule has 1 aliphatic carbocycles. The maximum Gasteiger partial charge on any atom is 0.326 e. The van der Waals surface area contributed by atoms with Crippen LogP contribution in [0.2, 0.25) is 0 Å². The molecule has 110 valence electrons. The van der Waals surface area contributed by atoms with Crippen LogP contribution < -0.4 is 10.6 Å². The highest BCUT2D eigenvalue weighted by molar-refractivity contribution is 5.82. The molecule has 1 aliphatic rings. The molecule has 3 N–H and O–H groups in total. The minimum atomic E-state index is -0.974. The normalized spacial score (nSPS) is 24.2. The second kappa shape index (κ2) is 7.36. The Hall–Kier alpha value is -1.26. The van der Waals surface area contributed by atoms with E-state index in [4.69, 9.17) is 5.11 Å². The smallest absolute Gasteiger partial charge is 0.326 e. The van der Waals surface area contributed by atoms with Crippen LogP contribution >= 0.6 is 0 Å². The number of carboxylic acid groups (broad SMARTS) is 1. The molecule has 2 unspecified atom stereocenters. The number of carbonyl (C=O) groups excluding carboxylic acids is 1. The molecule has 0 heterocycles. The summed E-state index contributed by atoms with van der Waals surface area (Å²) in [6, 6.07) is -1.17. The summed E-state index contributed by atoms with van der Waals surface area (Å²) in [4.78, 5) is 22.7. The van der Waals surface area contributed by atoms with Crippen LogP contribution in [0.1, 0.15) is 46.5 Å². The van der Waals surface area contributed by atoms with Crippen molar-refractivity contribution in [1.82, 2.24) is 10.6 Å². The van der Waals surface area contributed by atoms with Gasteiger partial charge in [0, 0.05) is 6.54 Å². The van der Waals surface area contributed by atoms with E-state index in [0.29, 0.717) is 18.9 Å². The zero-order chi connectivity index (χ0) is 14.4. The molecular formula is C14H26N2O3. The maximum absolute atomic E-state index is 11.7. The number of aliphatic carboxylic acids is 1. The second-order valence-electron chi connectivity index (χ2n) is 6.16. The van der Waals surface area contributed by atoms with Gasteiger partial charge >= 0.3 is 12.0 Å². The Kier molecular flexibility index (Phi) is 6.12. The molecular weight excluding hydrogens is 244 g/mol. The number of amides is 2. The highest BCUT2D eigenvalue weighted by Crippen LogP contribution is 2.29. The van der Waals surface area contributed by atoms with Crippen LogP contribution in [0.3, 0.4) is 0 Å². The van der Waals surface area contributed by atoms with Crippen molar-refractivity contribution in [2.75, 3.05) is 6.54 Å². The molecule has 3 atom stereocenters. The van der Waals surface area contributed by atoms with E-state index in [1.165, 1.54) is 6.42 Å². The summed E-state index contributed by atoms with van der Waals surface area (Å²) >= 11 is 0. The van der Waals surface area contributed by atoms with E-state index in [1.54, 1.807) is 0 Å². The molecule has 0 aromatic rings. The Morgan fingerprint density at radius 2 is 2.00 bits per heavy atom. The highest BCUT2D eigenvalue weighted by atomic mass is 16.4. The average molecular weight is 270 g/mol. The zero-order valence-electron chi connectivity index (χ0n) is 12.1. The Morgan fingerprint density at radius 1 is 1.32 bits per heavy atom. The number of nitrogens with one attached hydrogen (secondary N) is 2. The van der Waals surface area contributed by atoms with Gasteiger partial charge in [-0.2, -0.15) is 0 Å². The van der Waals surface area contributed by atoms with Gasteiger partial charge in [-0.25, -0.2) is 9.59 Å². The van der Waals surface area contributed by atoms with Crippen molar-refractivity contribution in [3.8, 4) is 0 Å². The van der Waals surface area contributed by atoms with Crippen molar-refractivity contribution >= 4 is 12.0 Å². The molecule has 0 saturated heterocycles. The summed E-state index contributed by atoms with van der Waals surface area (Å²) in [5.74, 6) is 0.534. The van der Waals surface area contributed by atoms with Crippen LogP contribution in [0.4, 0.5) is 4.79 Å². The Balaban J connectivity index is 2.30. The van der Waals surface area contributed by atoms with Crippen LogP contribution in [-0.2, 0) is 4.79 Å². The Labute approximate surface area is 115 Å². The lowest BCUT2D eigenvalue weighted by atomic mass is 10.0. The van der Waals surface area contributed by atoms with Crippen molar-refractivity contribution in [3.05, 3.63) is 0 Å². The van der Waals surface area contributed by atoms with Crippen molar-refractivity contribution in [1.29, 1.82) is 0 Å². The molecule has 19 heavy (non-hydrogen) atoms. The predicted molar refractivity (Wildman–Crippen MR) is 73.9 cm³/mol. The summed E-state index contributed by atoms with van der Waals surface area (Å²) in [6.07, 6.45) is 3.96. The van der Waals surface area contributed by atoms with E-state index in [-0.39, 0.29) is 11.9 Å². The minimum absolute atomic E-state index is 0.233. The number of hydrogen-bond donors (Lipinski definition) is 3. The van der Waals surface area contributed by atoms with Crippen LogP contribution in [0.25, 0.3) is 0 Å². The molecule has 5 nitrogen and oxygen atoms in total. The zero-order valence-corrected chi connectivity index (χ0v) is 12.1. The van der Waals surface area contributed by atoms with Crippen molar-refractivity contribution in [2.24, 2.45) is 17.8 Å². The van der Waals surface area contributed by atoms with Crippen molar-refractivity contribution in [3.63, 3.8) is 0 Å². The summed E-state index contributed by atoms with van der Waals surface area (Å²) in [5, 5.41) is 14.4. The van der Waals surface area contributed by atoms with E-state index in [0.717, 1.165) is 18.8 Å². The first-order valence-electron chi connectivity index (χ1n) is 7.15. The fourth-order valence-corrected chi connectivity index (χ4v) is 2.65. The third kappa shape index (κ3) is 5.94. The molecule has 0 aliphatic heterocycles. The Morgan fingerprint density at radius 3 is 2.47 bits per heavy atom. The number of hydrogen-bond acceptors (Lipinski definition) is 2. The van der Waals surface area contributed by atoms with E-state index < -0.39 is 12.0 Å². The van der Waals surface area contributed by atoms with Crippen LogP contribution in [0.15, 0.2) is 0 Å². The third-order valence-corrected chi connectivity index (χ3v) is 3.67. The van der Waals surface area contributed by atoms with Crippen LogP contribution in [0.5, 0.6) is 0 Å². The molecule has 0 aromatic heterocycles. The van der Waals surface area contributed by atoms with Gasteiger partial charge < -0.3 is 15.7 Å². The quantitative estimate of drug-likeness (QED) is 0.692. The van der Waals surface area contributed by atoms with Gasteiger partial charge in [-0.15, -0.1) is 0 Å². The highest BCUT2D eigenvalue weighted by Gasteiger charge is 2.23. The fourth-order valence-electron chi connectivity index (χ4n) is 2.65. The van der Waals surface area contributed by atoms with E-state index in [1.807, 2.05) is 13.8 Å². The van der Waals surface area contributed by atoms with Crippen molar-refractivity contribution in [2.45, 2.75) is 52.5 Å². The molecule has 0 radical (unpaired) electrons. The second-order valence-corrected chi connectivity index (χ2v) is 6.16. The lowest BCUT2D eigenvalue weighted by molar-refractivity contribution is -0.139. The summed E-state index contributed by atoms with van der Waals surface area (Å²) in [5.41, 5.74) is 0. The first-order chi connectivity index (χ1) is 8.88. The third-order valence-electron chi connectivity index (χ3n) is 3.67. The topological polar surface area (TPSA) is 78.4 Å². The maximum atomic E-state index is 11.7. The standard InChI is InChI=1S/C14H26N2O3/c1-9(2)6-12(13(17)18)16-14(19)15-8-11-5-4-10(3)7-11/h9-12H,4-8H2,1-3H3,(H,17,18)(H2,15,16,19)/t10?,11?,12-/m0/s1. The van der Waals surface area contributed by atoms with E-state index in [2.05, 4.69) is 17.6 Å². The molecule has 2 amide bonds. The van der Waals surface area contributed by atoms with Gasteiger partial charge in [-0.05, 0) is 37.0 Å². The van der Waals surface area contributed by atoms with Gasteiger partial charge in [0.25, 0.3) is 0 Å². The van der Waals surface area contributed by atoms with E-state index in [9.17, 15) is 9.59 Å². The van der Waals surface area contributed by atoms with Gasteiger partial charge in [0.1, 0.15) is 6.04 Å². The summed E-state index contributed by atoms with van der Waals surface area (Å²) in [6.45, 7) is 6.75. The number of urea groups is 1. The average Bonchev–Trinajstić information content (AvgIpc) is 2.71. The van der Waals surface area contributed by atoms with Crippen molar-refractivity contribution < 1.29 is 14.7 Å². The molecule has 0 aromatic carbocycles. The lowest BCUT2D eigenvalue weighted by Gasteiger charge is -2.18. The predicted octanol–water partition coefficient (Wildman–Crippen LogP) is 2.22. The molecule has 1 rings (SSSR count). The fraction of sp³-hybridized carbons (Fsp3) is 0.857. The Bertz CT molecular complexity index is 318. The minimum Gasteiger partial charge on any atom is -0.480 e. The number of rotatable bonds is 6. The first-order valence-corrected chi connectivity index (χ1v) is 7.15. The van der Waals surface area contributed by atoms with Crippen LogP contribution in [0, 0.1) is 17.8 Å². The van der Waals surface area contributed by atoms with Gasteiger partial charge in [-0.3, -0.25) is 0 Å². The van der Waals surface area contributed by atoms with Gasteiger partial charge in [0.05, 0.1) is 0 Å². The molecule has 5 heteroatoms. The number of carbonyl (C=O) groups is 2. The molecule has 0 spiro atoms. The number of carboxylic acids is 1. The first kappa shape index (κ1) is 15.8. The SMILES string of the molecule is CC(C)C[C@H](NC(=O)NCC1CCC(C)C1)C(=O)O. The van der Waals surface area contributed by atoms with E-state index >= 15 is 0 Å². The monoisotopic (exact) mass is 270 g/mol. The van der Waals surface area contributed by atoms with Gasteiger partial charge in [-0.1, -0.05) is 27.2 Å². The summed E-state index contributed by atoms with van der Waals surface area (Å²) in [7, 11) is 0. The van der Waals surface area contributed by atoms with Gasteiger partial charge in [0.2, 0.25) is 0 Å². The lowest BCUT2D eigenvalue weighted by Crippen LogP contribution is -2.47.